The number of nitrogens with one attached hydrogen (secondary N) is 1. The SMILES string of the molecule is Cc1cc(C)nc(N2CCN(C(=O)c3ccc(Nc4ccnc5cc(Cl)ccc45)cc3)CC2)c1. The maximum Gasteiger partial charge on any atom is 0.253 e. The van der Waals surface area contributed by atoms with E-state index in [4.69, 9.17) is 11.6 Å². The molecule has 1 N–H and O–H groups in total. The highest BCUT2D eigenvalue weighted by molar-refractivity contribution is 6.31. The highest BCUT2D eigenvalue weighted by Gasteiger charge is 2.23. The van der Waals surface area contributed by atoms with E-state index in [-0.39, 0.29) is 5.91 Å². The summed E-state index contributed by atoms with van der Waals surface area (Å²) in [7, 11) is 0. The monoisotopic (exact) mass is 471 g/mol. The van der Waals surface area contributed by atoms with Gasteiger partial charge in [0, 0.05) is 65.4 Å². The number of anilines is 3. The Morgan fingerprint density at radius 1 is 0.941 bits per heavy atom. The molecule has 1 saturated heterocycles. The number of hydrogen-bond donors (Lipinski definition) is 1. The molecule has 3 heterocycles. The van der Waals surface area contributed by atoms with E-state index in [1.165, 1.54) is 5.56 Å². The van der Waals surface area contributed by atoms with Gasteiger partial charge in [-0.15, -0.1) is 0 Å². The number of benzene rings is 2. The van der Waals surface area contributed by atoms with Gasteiger partial charge in [0.15, 0.2) is 0 Å². The van der Waals surface area contributed by atoms with Crippen molar-refractivity contribution in [2.24, 2.45) is 0 Å². The molecule has 0 bridgehead atoms. The molecule has 34 heavy (non-hydrogen) atoms. The summed E-state index contributed by atoms with van der Waals surface area (Å²) in [5, 5.41) is 5.07. The number of halogens is 1. The van der Waals surface area contributed by atoms with Gasteiger partial charge in [-0.05, 0) is 80.1 Å². The average molecular weight is 472 g/mol. The number of rotatable bonds is 4. The summed E-state index contributed by atoms with van der Waals surface area (Å²) < 4.78 is 0. The van der Waals surface area contributed by atoms with E-state index >= 15 is 0 Å². The first-order chi connectivity index (χ1) is 16.5. The van der Waals surface area contributed by atoms with Crippen LogP contribution >= 0.6 is 11.6 Å². The predicted molar refractivity (Wildman–Crippen MR) is 138 cm³/mol. The lowest BCUT2D eigenvalue weighted by Gasteiger charge is -2.35. The number of carbonyl (C=O) groups is 1. The van der Waals surface area contributed by atoms with E-state index in [9.17, 15) is 4.79 Å². The number of amides is 1. The molecule has 0 saturated carbocycles. The van der Waals surface area contributed by atoms with Gasteiger partial charge in [-0.2, -0.15) is 0 Å². The minimum atomic E-state index is 0.0589. The van der Waals surface area contributed by atoms with E-state index < -0.39 is 0 Å². The summed E-state index contributed by atoms with van der Waals surface area (Å²) in [6, 6.07) is 19.4. The average Bonchev–Trinajstić information content (AvgIpc) is 2.83. The van der Waals surface area contributed by atoms with E-state index in [2.05, 4.69) is 39.2 Å². The number of aromatic nitrogens is 2. The van der Waals surface area contributed by atoms with Gasteiger partial charge in [-0.1, -0.05) is 11.6 Å². The van der Waals surface area contributed by atoms with Crippen molar-refractivity contribution in [2.75, 3.05) is 36.4 Å². The molecule has 5 rings (SSSR count). The normalized spacial score (nSPS) is 13.9. The zero-order chi connectivity index (χ0) is 23.7. The minimum absolute atomic E-state index is 0.0589. The molecule has 1 aliphatic heterocycles. The first-order valence-electron chi connectivity index (χ1n) is 11.4. The van der Waals surface area contributed by atoms with Crippen molar-refractivity contribution in [3.63, 3.8) is 0 Å². The van der Waals surface area contributed by atoms with Crippen molar-refractivity contribution in [1.29, 1.82) is 0 Å². The molecule has 1 amide bonds. The van der Waals surface area contributed by atoms with Crippen LogP contribution < -0.4 is 10.2 Å². The van der Waals surface area contributed by atoms with E-state index in [1.807, 2.05) is 60.4 Å². The van der Waals surface area contributed by atoms with Crippen LogP contribution in [0.3, 0.4) is 0 Å². The van der Waals surface area contributed by atoms with E-state index in [1.54, 1.807) is 6.20 Å². The van der Waals surface area contributed by atoms with Gasteiger partial charge in [0.05, 0.1) is 5.52 Å². The molecule has 0 aliphatic carbocycles. The first kappa shape index (κ1) is 22.2. The zero-order valence-corrected chi connectivity index (χ0v) is 20.0. The number of hydrogen-bond acceptors (Lipinski definition) is 5. The summed E-state index contributed by atoms with van der Waals surface area (Å²) in [5.41, 5.74) is 5.60. The van der Waals surface area contributed by atoms with Gasteiger partial charge >= 0.3 is 0 Å². The topological polar surface area (TPSA) is 61.4 Å². The Hall–Kier alpha value is -3.64. The predicted octanol–water partition coefficient (Wildman–Crippen LogP) is 5.61. The molecular formula is C27H26ClN5O. The van der Waals surface area contributed by atoms with Crippen LogP contribution in [0.25, 0.3) is 10.9 Å². The molecule has 1 fully saturated rings. The molecule has 4 aromatic rings. The molecular weight excluding hydrogens is 446 g/mol. The van der Waals surface area contributed by atoms with Gasteiger partial charge in [-0.3, -0.25) is 9.78 Å². The van der Waals surface area contributed by atoms with Crippen LogP contribution in [0.1, 0.15) is 21.6 Å². The van der Waals surface area contributed by atoms with Crippen LogP contribution in [0.2, 0.25) is 5.02 Å². The Morgan fingerprint density at radius 2 is 1.71 bits per heavy atom. The summed E-state index contributed by atoms with van der Waals surface area (Å²) in [6.45, 7) is 7.02. The Kier molecular flexibility index (Phi) is 6.07. The molecule has 0 atom stereocenters. The third kappa shape index (κ3) is 4.68. The highest BCUT2D eigenvalue weighted by Crippen LogP contribution is 2.27. The second kappa shape index (κ2) is 9.31. The molecule has 7 heteroatoms. The third-order valence-electron chi connectivity index (χ3n) is 6.09. The number of aryl methyl sites for hydroxylation is 2. The summed E-state index contributed by atoms with van der Waals surface area (Å²) in [4.78, 5) is 26.3. The van der Waals surface area contributed by atoms with Crippen LogP contribution in [0, 0.1) is 13.8 Å². The fourth-order valence-corrected chi connectivity index (χ4v) is 4.55. The second-order valence-electron chi connectivity index (χ2n) is 8.65. The Morgan fingerprint density at radius 3 is 2.44 bits per heavy atom. The Labute approximate surface area is 204 Å². The lowest BCUT2D eigenvalue weighted by Crippen LogP contribution is -2.49. The van der Waals surface area contributed by atoms with Gasteiger partial charge < -0.3 is 15.1 Å². The Balaban J connectivity index is 1.24. The molecule has 0 spiro atoms. The van der Waals surface area contributed by atoms with Gasteiger partial charge in [0.2, 0.25) is 0 Å². The highest BCUT2D eigenvalue weighted by atomic mass is 35.5. The fourth-order valence-electron chi connectivity index (χ4n) is 4.39. The molecule has 1 aliphatic rings. The number of pyridine rings is 2. The van der Waals surface area contributed by atoms with Gasteiger partial charge in [0.25, 0.3) is 5.91 Å². The van der Waals surface area contributed by atoms with Gasteiger partial charge in [-0.25, -0.2) is 4.98 Å². The van der Waals surface area contributed by atoms with Crippen molar-refractivity contribution >= 4 is 45.6 Å². The van der Waals surface area contributed by atoms with Gasteiger partial charge in [0.1, 0.15) is 5.82 Å². The molecule has 2 aromatic carbocycles. The Bertz CT molecular complexity index is 1330. The number of carbonyl (C=O) groups excluding carboxylic acids is 1. The second-order valence-corrected chi connectivity index (χ2v) is 9.08. The minimum Gasteiger partial charge on any atom is -0.355 e. The lowest BCUT2D eigenvalue weighted by molar-refractivity contribution is 0.0746. The maximum absolute atomic E-state index is 13.1. The third-order valence-corrected chi connectivity index (χ3v) is 6.33. The van der Waals surface area contributed by atoms with Crippen molar-refractivity contribution in [3.8, 4) is 0 Å². The molecule has 0 unspecified atom stereocenters. The number of nitrogens with zero attached hydrogens (tertiary/aromatic N) is 4. The van der Waals surface area contributed by atoms with Crippen LogP contribution in [-0.4, -0.2) is 47.0 Å². The summed E-state index contributed by atoms with van der Waals surface area (Å²) in [5.74, 6) is 1.05. The molecule has 172 valence electrons. The molecule has 2 aromatic heterocycles. The lowest BCUT2D eigenvalue weighted by atomic mass is 10.1. The van der Waals surface area contributed by atoms with Crippen LogP contribution in [0.15, 0.2) is 66.9 Å². The summed E-state index contributed by atoms with van der Waals surface area (Å²) >= 11 is 6.09. The van der Waals surface area contributed by atoms with Crippen LogP contribution in [0.4, 0.5) is 17.2 Å². The maximum atomic E-state index is 13.1. The summed E-state index contributed by atoms with van der Waals surface area (Å²) in [6.07, 6.45) is 1.76. The zero-order valence-electron chi connectivity index (χ0n) is 19.3. The van der Waals surface area contributed by atoms with Crippen LogP contribution in [0.5, 0.6) is 0 Å². The molecule has 0 radical (unpaired) electrons. The number of piperazine rings is 1. The quantitative estimate of drug-likeness (QED) is 0.419. The standard InChI is InChI=1S/C27H26ClN5O/c1-18-15-19(2)30-26(16-18)32-11-13-33(14-12-32)27(34)20-3-6-22(7-4-20)31-24-9-10-29-25-17-21(28)5-8-23(24)25/h3-10,15-17H,11-14H2,1-2H3,(H,29,31). The molecule has 6 nitrogen and oxygen atoms in total. The smallest absolute Gasteiger partial charge is 0.253 e. The van der Waals surface area contributed by atoms with Crippen molar-refractivity contribution in [1.82, 2.24) is 14.9 Å². The van der Waals surface area contributed by atoms with E-state index in [0.29, 0.717) is 23.7 Å². The van der Waals surface area contributed by atoms with E-state index in [0.717, 1.165) is 46.9 Å². The van der Waals surface area contributed by atoms with Crippen molar-refractivity contribution in [2.45, 2.75) is 13.8 Å². The fraction of sp³-hybridized carbons (Fsp3) is 0.222. The van der Waals surface area contributed by atoms with Crippen LogP contribution in [-0.2, 0) is 0 Å². The largest absolute Gasteiger partial charge is 0.355 e. The van der Waals surface area contributed by atoms with Crippen molar-refractivity contribution in [3.05, 3.63) is 88.7 Å². The van der Waals surface area contributed by atoms with Crippen molar-refractivity contribution < 1.29 is 4.79 Å². The number of fused-ring (bicyclic) bond motifs is 1. The first-order valence-corrected chi connectivity index (χ1v) is 11.7.